The van der Waals surface area contributed by atoms with Gasteiger partial charge < -0.3 is 26.2 Å². The summed E-state index contributed by atoms with van der Waals surface area (Å²) in [5.74, 6) is -0.408. The smallest absolute Gasteiger partial charge is 0.393 e. The highest BCUT2D eigenvalue weighted by molar-refractivity contribution is 7.47. The van der Waals surface area contributed by atoms with Crippen LogP contribution in [0.15, 0.2) is 0 Å². The number of carbonyl (C=O) groups excluding carboxylic acids is 1. The van der Waals surface area contributed by atoms with Gasteiger partial charge in [0.15, 0.2) is 0 Å². The summed E-state index contributed by atoms with van der Waals surface area (Å²) < 4.78 is 22.2. The predicted octanol–water partition coefficient (Wildman–Crippen LogP) is 12.0. The average molecular weight is 791 g/mol. The average Bonchev–Trinajstić information content (AvgIpc) is 3.15. The Hall–Kier alpha value is -0.540. The van der Waals surface area contributed by atoms with Crippen molar-refractivity contribution >= 4 is 13.7 Å². The number of nitrogens with two attached hydrogens (primary N) is 1. The molecule has 0 saturated heterocycles. The summed E-state index contributed by atoms with van der Waals surface area (Å²) in [7, 11) is -4.37. The number of rotatable bonds is 44. The Labute approximate surface area is 334 Å². The molecular formula is C44H91N2O7P. The van der Waals surface area contributed by atoms with E-state index in [0.29, 0.717) is 12.8 Å². The molecule has 0 aromatic carbocycles. The van der Waals surface area contributed by atoms with Crippen LogP contribution in [0.25, 0.3) is 0 Å². The van der Waals surface area contributed by atoms with Crippen molar-refractivity contribution in [2.45, 2.75) is 257 Å². The summed E-state index contributed by atoms with van der Waals surface area (Å²) in [5.41, 5.74) is 5.38. The first kappa shape index (κ1) is 53.5. The molecule has 4 atom stereocenters. The van der Waals surface area contributed by atoms with Crippen LogP contribution in [0.5, 0.6) is 0 Å². The first-order valence-electron chi connectivity index (χ1n) is 23.2. The summed E-state index contributed by atoms with van der Waals surface area (Å²) >= 11 is 0. The molecular weight excluding hydrogens is 699 g/mol. The van der Waals surface area contributed by atoms with Crippen LogP contribution in [0.1, 0.15) is 239 Å². The Kier molecular flexibility index (Phi) is 40.2. The van der Waals surface area contributed by atoms with Crippen molar-refractivity contribution in [2.24, 2.45) is 5.73 Å². The molecule has 0 saturated carbocycles. The quantitative estimate of drug-likeness (QED) is 0.0302. The van der Waals surface area contributed by atoms with E-state index < -0.39 is 32.0 Å². The molecule has 9 nitrogen and oxygen atoms in total. The summed E-state index contributed by atoms with van der Waals surface area (Å²) in [5, 5.41) is 24.2. The molecule has 4 unspecified atom stereocenters. The lowest BCUT2D eigenvalue weighted by Crippen LogP contribution is -2.47. The maximum Gasteiger partial charge on any atom is 0.472 e. The normalized spacial score (nSPS) is 14.6. The van der Waals surface area contributed by atoms with E-state index in [1.807, 2.05) is 0 Å². The van der Waals surface area contributed by atoms with E-state index in [-0.39, 0.29) is 26.2 Å². The number of nitrogens with one attached hydrogen (secondary N) is 1. The molecule has 0 spiro atoms. The van der Waals surface area contributed by atoms with Gasteiger partial charge in [-0.2, -0.15) is 0 Å². The second-order valence-corrected chi connectivity index (χ2v) is 17.6. The molecule has 0 aromatic rings. The van der Waals surface area contributed by atoms with E-state index in [9.17, 15) is 24.5 Å². The van der Waals surface area contributed by atoms with Gasteiger partial charge in [-0.1, -0.05) is 219 Å². The number of unbranched alkanes of at least 4 members (excludes halogenated alkanes) is 30. The van der Waals surface area contributed by atoms with Crippen LogP contribution >= 0.6 is 7.82 Å². The van der Waals surface area contributed by atoms with Crippen molar-refractivity contribution in [3.63, 3.8) is 0 Å². The Morgan fingerprint density at radius 3 is 1.24 bits per heavy atom. The van der Waals surface area contributed by atoms with Gasteiger partial charge in [0.25, 0.3) is 0 Å². The highest BCUT2D eigenvalue weighted by Gasteiger charge is 2.28. The maximum absolute atomic E-state index is 12.8. The number of hydrogen-bond acceptors (Lipinski definition) is 7. The topological polar surface area (TPSA) is 151 Å². The number of hydrogen-bond donors (Lipinski definition) is 5. The zero-order chi connectivity index (χ0) is 39.8. The lowest BCUT2D eigenvalue weighted by Gasteiger charge is -2.25. The fraction of sp³-hybridized carbons (Fsp3) is 0.977. The Morgan fingerprint density at radius 2 is 0.889 bits per heavy atom. The molecule has 54 heavy (non-hydrogen) atoms. The van der Waals surface area contributed by atoms with Gasteiger partial charge in [0, 0.05) is 6.54 Å². The SMILES string of the molecule is CCCCCCCCCCCCCCCCCCC(O)CC(=O)NC(COP(=O)(O)OCCN)C(O)CCCCCCCCCCCCCCCCCC. The van der Waals surface area contributed by atoms with Crippen molar-refractivity contribution in [3.8, 4) is 0 Å². The number of phosphoric ester groups is 1. The monoisotopic (exact) mass is 791 g/mol. The maximum atomic E-state index is 12.8. The third-order valence-corrected chi connectivity index (χ3v) is 11.7. The van der Waals surface area contributed by atoms with E-state index in [4.69, 9.17) is 14.8 Å². The highest BCUT2D eigenvalue weighted by Crippen LogP contribution is 2.43. The van der Waals surface area contributed by atoms with Gasteiger partial charge in [-0.15, -0.1) is 0 Å². The molecule has 0 heterocycles. The van der Waals surface area contributed by atoms with E-state index in [1.165, 1.54) is 167 Å². The minimum atomic E-state index is -4.37. The van der Waals surface area contributed by atoms with Crippen molar-refractivity contribution in [2.75, 3.05) is 19.8 Å². The largest absolute Gasteiger partial charge is 0.472 e. The molecule has 6 N–H and O–H groups in total. The standard InChI is InChI=1S/C44H91N2O7P/c1-3-5-7-9-11-13-15-17-19-21-23-25-27-29-31-33-35-41(47)39-44(49)46-42(40-53-54(50,51)52-38-37-45)43(48)36-34-32-30-28-26-24-22-20-18-16-14-12-10-8-6-4-2/h41-43,47-48H,3-40,45H2,1-2H3,(H,46,49)(H,50,51). The van der Waals surface area contributed by atoms with Crippen molar-refractivity contribution in [1.29, 1.82) is 0 Å². The molecule has 0 radical (unpaired) electrons. The molecule has 10 heteroatoms. The molecule has 0 aliphatic heterocycles. The minimum absolute atomic E-state index is 0.0627. The van der Waals surface area contributed by atoms with E-state index in [1.54, 1.807) is 0 Å². The first-order valence-corrected chi connectivity index (χ1v) is 24.7. The van der Waals surface area contributed by atoms with Gasteiger partial charge in [0.05, 0.1) is 37.9 Å². The molecule has 0 rings (SSSR count). The summed E-state index contributed by atoms with van der Waals surface area (Å²) in [4.78, 5) is 22.8. The van der Waals surface area contributed by atoms with Gasteiger partial charge in [-0.3, -0.25) is 13.8 Å². The Bertz CT molecular complexity index is 837. The van der Waals surface area contributed by atoms with Crippen molar-refractivity contribution in [3.05, 3.63) is 0 Å². The predicted molar refractivity (Wildman–Crippen MR) is 228 cm³/mol. The van der Waals surface area contributed by atoms with E-state index >= 15 is 0 Å². The Morgan fingerprint density at radius 1 is 0.556 bits per heavy atom. The highest BCUT2D eigenvalue weighted by atomic mass is 31.2. The second-order valence-electron chi connectivity index (χ2n) is 16.2. The fourth-order valence-electron chi connectivity index (χ4n) is 7.24. The number of amides is 1. The Balaban J connectivity index is 4.20. The molecule has 0 fully saturated rings. The third kappa shape index (κ3) is 38.3. The van der Waals surface area contributed by atoms with Crippen LogP contribution in [-0.2, 0) is 18.4 Å². The second kappa shape index (κ2) is 40.6. The summed E-state index contributed by atoms with van der Waals surface area (Å²) in [6.07, 6.45) is 40.0. The lowest BCUT2D eigenvalue weighted by molar-refractivity contribution is -0.125. The molecule has 0 aliphatic rings. The number of aliphatic hydroxyl groups is 2. The number of carbonyl (C=O) groups is 1. The third-order valence-electron chi connectivity index (χ3n) is 10.8. The van der Waals surface area contributed by atoms with E-state index in [2.05, 4.69) is 19.2 Å². The molecule has 0 bridgehead atoms. The van der Waals surface area contributed by atoms with Crippen LogP contribution in [-0.4, -0.2) is 59.0 Å². The van der Waals surface area contributed by atoms with Gasteiger partial charge in [-0.25, -0.2) is 4.57 Å². The molecule has 324 valence electrons. The fourth-order valence-corrected chi connectivity index (χ4v) is 8.00. The first-order chi connectivity index (χ1) is 26.3. The van der Waals surface area contributed by atoms with Gasteiger partial charge in [-0.05, 0) is 12.8 Å². The van der Waals surface area contributed by atoms with Crippen LogP contribution in [0.4, 0.5) is 0 Å². The van der Waals surface area contributed by atoms with E-state index in [0.717, 1.165) is 38.5 Å². The zero-order valence-electron chi connectivity index (χ0n) is 35.6. The van der Waals surface area contributed by atoms with Crippen molar-refractivity contribution in [1.82, 2.24) is 5.32 Å². The molecule has 0 aromatic heterocycles. The van der Waals surface area contributed by atoms with Crippen LogP contribution in [0, 0.1) is 0 Å². The van der Waals surface area contributed by atoms with Gasteiger partial charge in [0.1, 0.15) is 0 Å². The van der Waals surface area contributed by atoms with Crippen LogP contribution < -0.4 is 11.1 Å². The molecule has 0 aliphatic carbocycles. The van der Waals surface area contributed by atoms with Crippen molar-refractivity contribution < 1.29 is 33.5 Å². The number of aliphatic hydroxyl groups excluding tert-OH is 2. The zero-order valence-corrected chi connectivity index (χ0v) is 36.5. The van der Waals surface area contributed by atoms with Crippen LogP contribution in [0.2, 0.25) is 0 Å². The lowest BCUT2D eigenvalue weighted by atomic mass is 10.0. The number of phosphoric acid groups is 1. The van der Waals surface area contributed by atoms with Gasteiger partial charge >= 0.3 is 7.82 Å². The minimum Gasteiger partial charge on any atom is -0.393 e. The summed E-state index contributed by atoms with van der Waals surface area (Å²) in [6, 6.07) is -0.890. The summed E-state index contributed by atoms with van der Waals surface area (Å²) in [6.45, 7) is 4.08. The van der Waals surface area contributed by atoms with Crippen LogP contribution in [0.3, 0.4) is 0 Å². The van der Waals surface area contributed by atoms with Gasteiger partial charge in [0.2, 0.25) is 5.91 Å². The molecule has 1 amide bonds.